The maximum absolute atomic E-state index is 11.9. The number of aryl methyl sites for hydroxylation is 2. The van der Waals surface area contributed by atoms with E-state index >= 15 is 0 Å². The first-order chi connectivity index (χ1) is 12.3. The predicted molar refractivity (Wildman–Crippen MR) is 100 cm³/mol. The topological polar surface area (TPSA) is 93.8 Å². The van der Waals surface area contributed by atoms with E-state index < -0.39 is 10.8 Å². The summed E-state index contributed by atoms with van der Waals surface area (Å²) in [6.45, 7) is 3.04. The molecule has 0 saturated carbocycles. The zero-order valence-electron chi connectivity index (χ0n) is 14.0. The largest absolute Gasteiger partial charge is 0.483 e. The van der Waals surface area contributed by atoms with Gasteiger partial charge in [-0.25, -0.2) is 5.43 Å². The number of amides is 1. The predicted octanol–water partition coefficient (Wildman–Crippen LogP) is 4.05. The van der Waals surface area contributed by atoms with Gasteiger partial charge >= 0.3 is 0 Å². The highest BCUT2D eigenvalue weighted by atomic mass is 35.5. The number of benzene rings is 2. The smallest absolute Gasteiger partial charge is 0.277 e. The van der Waals surface area contributed by atoms with E-state index in [2.05, 4.69) is 10.5 Å². The molecule has 2 rings (SSSR count). The van der Waals surface area contributed by atoms with Crippen LogP contribution >= 0.6 is 23.2 Å². The van der Waals surface area contributed by atoms with Gasteiger partial charge in [-0.05, 0) is 37.1 Å². The third kappa shape index (κ3) is 4.93. The number of ether oxygens (including phenoxy) is 1. The van der Waals surface area contributed by atoms with Gasteiger partial charge in [-0.2, -0.15) is 5.10 Å². The van der Waals surface area contributed by atoms with E-state index in [1.165, 1.54) is 18.3 Å². The van der Waals surface area contributed by atoms with Crippen LogP contribution in [0.25, 0.3) is 0 Å². The summed E-state index contributed by atoms with van der Waals surface area (Å²) in [5.41, 5.74) is 3.89. The molecule has 0 spiro atoms. The number of nitrogens with one attached hydrogen (secondary N) is 1. The first-order valence-corrected chi connectivity index (χ1v) is 8.19. The molecule has 0 heterocycles. The van der Waals surface area contributed by atoms with Crippen molar-refractivity contribution in [3.8, 4) is 5.75 Å². The standard InChI is InChI=1S/C17H15Cl2N3O4/c1-10-6-12(22(24)25)7-11(2)17(10)26-9-16(23)21-20-8-13-14(18)4-3-5-15(13)19/h3-8H,9H2,1-2H3,(H,21,23). The Balaban J connectivity index is 1.97. The first-order valence-electron chi connectivity index (χ1n) is 7.44. The van der Waals surface area contributed by atoms with Crippen molar-refractivity contribution in [1.29, 1.82) is 0 Å². The molecule has 7 nitrogen and oxygen atoms in total. The number of hydrogen-bond acceptors (Lipinski definition) is 5. The average molecular weight is 396 g/mol. The van der Waals surface area contributed by atoms with E-state index in [0.717, 1.165) is 0 Å². The number of carbonyl (C=O) groups excluding carboxylic acids is 1. The molecule has 0 unspecified atom stereocenters. The fraction of sp³-hybridized carbons (Fsp3) is 0.176. The van der Waals surface area contributed by atoms with Gasteiger partial charge in [0.25, 0.3) is 11.6 Å². The van der Waals surface area contributed by atoms with Crippen LogP contribution in [0.2, 0.25) is 10.0 Å². The van der Waals surface area contributed by atoms with Gasteiger partial charge in [-0.15, -0.1) is 0 Å². The second-order valence-electron chi connectivity index (χ2n) is 5.38. The molecule has 9 heteroatoms. The number of nitro benzene ring substituents is 1. The van der Waals surface area contributed by atoms with Gasteiger partial charge in [0, 0.05) is 17.7 Å². The Morgan fingerprint density at radius 3 is 2.38 bits per heavy atom. The summed E-state index contributed by atoms with van der Waals surface area (Å²) >= 11 is 12.0. The molecule has 0 aliphatic rings. The normalized spacial score (nSPS) is 10.8. The zero-order chi connectivity index (χ0) is 19.3. The highest BCUT2D eigenvalue weighted by Gasteiger charge is 2.14. The van der Waals surface area contributed by atoms with E-state index in [-0.39, 0.29) is 12.3 Å². The van der Waals surface area contributed by atoms with Gasteiger partial charge in [0.2, 0.25) is 0 Å². The Morgan fingerprint density at radius 2 is 1.85 bits per heavy atom. The van der Waals surface area contributed by atoms with E-state index in [1.54, 1.807) is 32.0 Å². The Bertz CT molecular complexity index is 841. The van der Waals surface area contributed by atoms with Gasteiger partial charge in [0.15, 0.2) is 6.61 Å². The molecule has 2 aromatic carbocycles. The summed E-state index contributed by atoms with van der Waals surface area (Å²) in [4.78, 5) is 22.2. The fourth-order valence-electron chi connectivity index (χ4n) is 2.23. The summed E-state index contributed by atoms with van der Waals surface area (Å²) in [5.74, 6) is -0.0783. The zero-order valence-corrected chi connectivity index (χ0v) is 15.5. The van der Waals surface area contributed by atoms with Crippen LogP contribution in [0, 0.1) is 24.0 Å². The highest BCUT2D eigenvalue weighted by Crippen LogP contribution is 2.28. The molecule has 0 fully saturated rings. The molecule has 136 valence electrons. The Labute approximate surface area is 159 Å². The molecule has 1 N–H and O–H groups in total. The van der Waals surface area contributed by atoms with Crippen molar-refractivity contribution in [2.45, 2.75) is 13.8 Å². The average Bonchev–Trinajstić information content (AvgIpc) is 2.56. The van der Waals surface area contributed by atoms with Crippen molar-refractivity contribution in [1.82, 2.24) is 5.43 Å². The van der Waals surface area contributed by atoms with Crippen molar-refractivity contribution in [3.63, 3.8) is 0 Å². The van der Waals surface area contributed by atoms with Crippen LogP contribution in [0.15, 0.2) is 35.4 Å². The van der Waals surface area contributed by atoms with Gasteiger partial charge < -0.3 is 4.74 Å². The van der Waals surface area contributed by atoms with Crippen LogP contribution in [0.3, 0.4) is 0 Å². The van der Waals surface area contributed by atoms with Crippen LogP contribution in [0.1, 0.15) is 16.7 Å². The Morgan fingerprint density at radius 1 is 1.27 bits per heavy atom. The molecule has 0 radical (unpaired) electrons. The quantitative estimate of drug-likeness (QED) is 0.453. The fourth-order valence-corrected chi connectivity index (χ4v) is 2.73. The van der Waals surface area contributed by atoms with Crippen LogP contribution < -0.4 is 10.2 Å². The highest BCUT2D eigenvalue weighted by molar-refractivity contribution is 6.38. The summed E-state index contributed by atoms with van der Waals surface area (Å²) in [7, 11) is 0. The molecule has 0 aliphatic heterocycles. The minimum absolute atomic E-state index is 0.0296. The van der Waals surface area contributed by atoms with Crippen molar-refractivity contribution in [3.05, 3.63) is 67.2 Å². The summed E-state index contributed by atoms with van der Waals surface area (Å²) in [5, 5.41) is 15.4. The lowest BCUT2D eigenvalue weighted by molar-refractivity contribution is -0.385. The third-order valence-corrected chi connectivity index (χ3v) is 4.05. The van der Waals surface area contributed by atoms with Crippen molar-refractivity contribution in [2.75, 3.05) is 6.61 Å². The third-order valence-electron chi connectivity index (χ3n) is 3.39. The minimum atomic E-state index is -0.499. The monoisotopic (exact) mass is 395 g/mol. The van der Waals surface area contributed by atoms with E-state index in [4.69, 9.17) is 27.9 Å². The number of nitrogens with zero attached hydrogens (tertiary/aromatic N) is 2. The number of hydrazone groups is 1. The second-order valence-corrected chi connectivity index (χ2v) is 6.20. The lowest BCUT2D eigenvalue weighted by Gasteiger charge is -2.11. The number of nitro groups is 1. The lowest BCUT2D eigenvalue weighted by Crippen LogP contribution is -2.25. The van der Waals surface area contributed by atoms with Crippen LogP contribution in [0.4, 0.5) is 5.69 Å². The van der Waals surface area contributed by atoms with Gasteiger partial charge in [0.05, 0.1) is 21.2 Å². The van der Waals surface area contributed by atoms with E-state index in [9.17, 15) is 14.9 Å². The molecule has 2 aromatic rings. The van der Waals surface area contributed by atoms with Crippen molar-refractivity contribution < 1.29 is 14.5 Å². The number of hydrogen-bond donors (Lipinski definition) is 1. The van der Waals surface area contributed by atoms with Crippen molar-refractivity contribution in [2.24, 2.45) is 5.10 Å². The van der Waals surface area contributed by atoms with Gasteiger partial charge in [-0.1, -0.05) is 29.3 Å². The van der Waals surface area contributed by atoms with Crippen LogP contribution in [-0.4, -0.2) is 23.7 Å². The molecule has 0 aromatic heterocycles. The maximum atomic E-state index is 11.9. The van der Waals surface area contributed by atoms with Crippen LogP contribution in [0.5, 0.6) is 5.75 Å². The Hall–Kier alpha value is -2.64. The number of non-ortho nitro benzene ring substituents is 1. The lowest BCUT2D eigenvalue weighted by atomic mass is 10.1. The number of carbonyl (C=O) groups is 1. The number of rotatable bonds is 6. The minimum Gasteiger partial charge on any atom is -0.483 e. The van der Waals surface area contributed by atoms with Crippen LogP contribution in [-0.2, 0) is 4.79 Å². The van der Waals surface area contributed by atoms with Gasteiger partial charge in [-0.3, -0.25) is 14.9 Å². The number of halogens is 2. The second kappa shape index (κ2) is 8.64. The summed E-state index contributed by atoms with van der Waals surface area (Å²) in [6, 6.07) is 7.78. The molecular formula is C17H15Cl2N3O4. The molecule has 26 heavy (non-hydrogen) atoms. The van der Waals surface area contributed by atoms with E-state index in [0.29, 0.717) is 32.5 Å². The van der Waals surface area contributed by atoms with Gasteiger partial charge in [0.1, 0.15) is 5.75 Å². The Kier molecular flexibility index (Phi) is 6.54. The summed E-state index contributed by atoms with van der Waals surface area (Å²) < 4.78 is 5.45. The van der Waals surface area contributed by atoms with E-state index in [1.807, 2.05) is 0 Å². The molecule has 1 amide bonds. The molecule has 0 saturated heterocycles. The molecular weight excluding hydrogens is 381 g/mol. The molecule has 0 atom stereocenters. The first kappa shape index (κ1) is 19.7. The molecule has 0 bridgehead atoms. The SMILES string of the molecule is Cc1cc([N+](=O)[O-])cc(C)c1OCC(=O)NN=Cc1c(Cl)cccc1Cl. The van der Waals surface area contributed by atoms with Crippen molar-refractivity contribution >= 4 is 41.0 Å². The molecule has 0 aliphatic carbocycles. The maximum Gasteiger partial charge on any atom is 0.277 e. The summed E-state index contributed by atoms with van der Waals surface area (Å²) in [6.07, 6.45) is 1.34.